The van der Waals surface area contributed by atoms with E-state index in [1.807, 2.05) is 12.1 Å². The minimum atomic E-state index is 0. The van der Waals surface area contributed by atoms with Crippen LogP contribution < -0.4 is 10.1 Å². The minimum absolute atomic E-state index is 0. The maximum Gasteiger partial charge on any atom is 0.162 e. The van der Waals surface area contributed by atoms with Crippen LogP contribution in [0.5, 0.6) is 11.5 Å². The van der Waals surface area contributed by atoms with Gasteiger partial charge in [-0.15, -0.1) is 36.2 Å². The maximum atomic E-state index is 10.5. The zero-order valence-corrected chi connectivity index (χ0v) is 15.3. The normalized spacial score (nSPS) is 16.0. The van der Waals surface area contributed by atoms with Crippen molar-refractivity contribution in [3.05, 3.63) is 46.2 Å². The third-order valence-corrected chi connectivity index (χ3v) is 4.80. The molecule has 2 aromatic rings. The molecule has 0 aliphatic carbocycles. The Balaban J connectivity index is 0.00000132. The molecule has 1 fully saturated rings. The van der Waals surface area contributed by atoms with E-state index in [1.165, 1.54) is 4.88 Å². The zero-order chi connectivity index (χ0) is 14.7. The summed E-state index contributed by atoms with van der Waals surface area (Å²) in [7, 11) is 1.59. The van der Waals surface area contributed by atoms with Crippen molar-refractivity contribution in [1.29, 1.82) is 0 Å². The number of methoxy groups -OCH3 is 1. The van der Waals surface area contributed by atoms with Gasteiger partial charge in [0.2, 0.25) is 0 Å². The highest BCUT2D eigenvalue weighted by Crippen LogP contribution is 2.40. The summed E-state index contributed by atoms with van der Waals surface area (Å²) in [5.74, 6) is 0.779. The number of nitrogens with zero attached hydrogens (tertiary/aromatic N) is 1. The van der Waals surface area contributed by atoms with Gasteiger partial charge in [-0.25, -0.2) is 0 Å². The largest absolute Gasteiger partial charge is 0.504 e. The number of halogens is 2. The Morgan fingerprint density at radius 2 is 1.91 bits per heavy atom. The molecule has 0 saturated carbocycles. The predicted molar refractivity (Wildman–Crippen MR) is 99.8 cm³/mol. The second-order valence-corrected chi connectivity index (χ2v) is 6.08. The van der Waals surface area contributed by atoms with Crippen LogP contribution in [0.1, 0.15) is 16.5 Å². The summed E-state index contributed by atoms with van der Waals surface area (Å²) >= 11 is 1.73. The van der Waals surface area contributed by atoms with E-state index in [0.29, 0.717) is 5.75 Å². The molecular formula is C16H22Cl2N2O2S. The fourth-order valence-corrected chi connectivity index (χ4v) is 3.72. The number of rotatable bonds is 4. The quantitative estimate of drug-likeness (QED) is 0.858. The van der Waals surface area contributed by atoms with Crippen LogP contribution in [0.15, 0.2) is 35.7 Å². The number of aromatic hydroxyl groups is 1. The van der Waals surface area contributed by atoms with Crippen molar-refractivity contribution in [2.75, 3.05) is 33.3 Å². The lowest BCUT2D eigenvalue weighted by atomic mass is 10.0. The van der Waals surface area contributed by atoms with Crippen molar-refractivity contribution >= 4 is 36.2 Å². The molecule has 0 bridgehead atoms. The molecule has 2 heterocycles. The van der Waals surface area contributed by atoms with Crippen molar-refractivity contribution in [2.24, 2.45) is 0 Å². The highest BCUT2D eigenvalue weighted by Gasteiger charge is 2.27. The molecule has 0 unspecified atom stereocenters. The molecule has 2 N–H and O–H groups in total. The standard InChI is InChI=1S/C16H20N2O2S.2ClH/c1-20-13-5-2-4-12(16(13)19)15(14-6-3-11-21-14)18-9-7-17-8-10-18;;/h2-6,11,15,17,19H,7-10H2,1H3;2*1H/t15-;;/m0../s1. The van der Waals surface area contributed by atoms with Crippen LogP contribution in [0, 0.1) is 0 Å². The summed E-state index contributed by atoms with van der Waals surface area (Å²) in [6.45, 7) is 3.90. The monoisotopic (exact) mass is 376 g/mol. The Hall–Kier alpha value is -0.980. The maximum absolute atomic E-state index is 10.5. The summed E-state index contributed by atoms with van der Waals surface area (Å²) in [6.07, 6.45) is 0. The van der Waals surface area contributed by atoms with Gasteiger partial charge in [-0.1, -0.05) is 18.2 Å². The number of piperazine rings is 1. The van der Waals surface area contributed by atoms with Crippen LogP contribution in [-0.2, 0) is 0 Å². The van der Waals surface area contributed by atoms with Crippen LogP contribution in [0.25, 0.3) is 0 Å². The molecule has 4 nitrogen and oxygen atoms in total. The molecular weight excluding hydrogens is 355 g/mol. The van der Waals surface area contributed by atoms with Crippen molar-refractivity contribution in [2.45, 2.75) is 6.04 Å². The summed E-state index contributed by atoms with van der Waals surface area (Å²) in [5.41, 5.74) is 0.915. The minimum Gasteiger partial charge on any atom is -0.504 e. The molecule has 1 atom stereocenters. The Bertz CT molecular complexity index is 590. The molecule has 0 radical (unpaired) electrons. The SMILES string of the molecule is COc1cccc([C@@H](c2cccs2)N2CCNCC2)c1O.Cl.Cl. The van der Waals surface area contributed by atoms with Gasteiger partial charge < -0.3 is 15.2 Å². The number of phenols is 1. The number of hydrogen-bond donors (Lipinski definition) is 2. The molecule has 3 rings (SSSR count). The molecule has 7 heteroatoms. The lowest BCUT2D eigenvalue weighted by Crippen LogP contribution is -2.45. The van der Waals surface area contributed by atoms with Crippen LogP contribution >= 0.6 is 36.2 Å². The molecule has 0 amide bonds. The first-order valence-corrected chi connectivity index (χ1v) is 8.03. The summed E-state index contributed by atoms with van der Waals surface area (Å²) in [4.78, 5) is 3.66. The summed E-state index contributed by atoms with van der Waals surface area (Å²) in [5, 5.41) is 16.0. The molecule has 1 aromatic carbocycles. The van der Waals surface area contributed by atoms with Crippen LogP contribution in [0.3, 0.4) is 0 Å². The molecule has 0 spiro atoms. The van der Waals surface area contributed by atoms with E-state index in [4.69, 9.17) is 4.74 Å². The number of phenolic OH excluding ortho intramolecular Hbond substituents is 1. The van der Waals surface area contributed by atoms with Crippen molar-refractivity contribution in [3.63, 3.8) is 0 Å². The van der Waals surface area contributed by atoms with Crippen molar-refractivity contribution < 1.29 is 9.84 Å². The van der Waals surface area contributed by atoms with E-state index < -0.39 is 0 Å². The lowest BCUT2D eigenvalue weighted by molar-refractivity contribution is 0.197. The smallest absolute Gasteiger partial charge is 0.162 e. The second kappa shape index (κ2) is 9.35. The van der Waals surface area contributed by atoms with Gasteiger partial charge in [0, 0.05) is 36.6 Å². The van der Waals surface area contributed by atoms with Gasteiger partial charge in [0.25, 0.3) is 0 Å². The molecule has 1 saturated heterocycles. The van der Waals surface area contributed by atoms with Gasteiger partial charge in [-0.05, 0) is 17.5 Å². The van der Waals surface area contributed by atoms with E-state index in [0.717, 1.165) is 31.7 Å². The number of thiophene rings is 1. The zero-order valence-electron chi connectivity index (χ0n) is 12.9. The van der Waals surface area contributed by atoms with Crippen LogP contribution in [0.2, 0.25) is 0 Å². The molecule has 1 aliphatic rings. The Labute approximate surface area is 153 Å². The fraction of sp³-hybridized carbons (Fsp3) is 0.375. The Morgan fingerprint density at radius 1 is 1.17 bits per heavy atom. The number of para-hydroxylation sites is 1. The van der Waals surface area contributed by atoms with Gasteiger partial charge >= 0.3 is 0 Å². The van der Waals surface area contributed by atoms with Gasteiger partial charge in [-0.3, -0.25) is 4.90 Å². The highest BCUT2D eigenvalue weighted by atomic mass is 35.5. The lowest BCUT2D eigenvalue weighted by Gasteiger charge is -2.35. The fourth-order valence-electron chi connectivity index (χ4n) is 2.84. The third-order valence-electron chi connectivity index (χ3n) is 3.87. The van der Waals surface area contributed by atoms with Crippen molar-refractivity contribution in [3.8, 4) is 11.5 Å². The van der Waals surface area contributed by atoms with Gasteiger partial charge in [-0.2, -0.15) is 0 Å². The number of hydrogen-bond acceptors (Lipinski definition) is 5. The van der Waals surface area contributed by atoms with E-state index in [-0.39, 0.29) is 36.6 Å². The van der Waals surface area contributed by atoms with Crippen molar-refractivity contribution in [1.82, 2.24) is 10.2 Å². The summed E-state index contributed by atoms with van der Waals surface area (Å²) in [6, 6.07) is 10.0. The first-order chi connectivity index (χ1) is 10.3. The molecule has 23 heavy (non-hydrogen) atoms. The average Bonchev–Trinajstić information content (AvgIpc) is 3.04. The van der Waals surface area contributed by atoms with Crippen LogP contribution in [-0.4, -0.2) is 43.3 Å². The third kappa shape index (κ3) is 4.31. The first-order valence-electron chi connectivity index (χ1n) is 7.15. The second-order valence-electron chi connectivity index (χ2n) is 5.10. The van der Waals surface area contributed by atoms with E-state index in [9.17, 15) is 5.11 Å². The molecule has 1 aliphatic heterocycles. The van der Waals surface area contributed by atoms with E-state index >= 15 is 0 Å². The average molecular weight is 377 g/mol. The molecule has 1 aromatic heterocycles. The number of benzene rings is 1. The van der Waals surface area contributed by atoms with E-state index in [1.54, 1.807) is 24.5 Å². The Morgan fingerprint density at radius 3 is 2.52 bits per heavy atom. The first kappa shape index (κ1) is 20.1. The topological polar surface area (TPSA) is 44.7 Å². The van der Waals surface area contributed by atoms with Crippen LogP contribution in [0.4, 0.5) is 0 Å². The van der Waals surface area contributed by atoms with Gasteiger partial charge in [0.1, 0.15) is 0 Å². The van der Waals surface area contributed by atoms with E-state index in [2.05, 4.69) is 27.7 Å². The van der Waals surface area contributed by atoms with Gasteiger partial charge in [0.15, 0.2) is 11.5 Å². The number of ether oxygens (including phenoxy) is 1. The highest BCUT2D eigenvalue weighted by molar-refractivity contribution is 7.10. The number of nitrogens with one attached hydrogen (secondary N) is 1. The van der Waals surface area contributed by atoms with Gasteiger partial charge in [0.05, 0.1) is 13.2 Å². The Kier molecular flexibility index (Phi) is 8.16. The summed E-state index contributed by atoms with van der Waals surface area (Å²) < 4.78 is 5.26. The predicted octanol–water partition coefficient (Wildman–Crippen LogP) is 3.30. The molecule has 128 valence electrons.